The second kappa shape index (κ2) is 14.7. The van der Waals surface area contributed by atoms with Crippen LogP contribution in [0.1, 0.15) is 25.0 Å². The number of anilines is 3. The third-order valence-electron chi connectivity index (χ3n) is 6.76. The fourth-order valence-electron chi connectivity index (χ4n) is 4.43. The Bertz CT molecular complexity index is 1690. The number of benzene rings is 3. The highest BCUT2D eigenvalue weighted by molar-refractivity contribution is 8.18. The average Bonchev–Trinajstić information content (AvgIpc) is 3.26. The molecular formula is C31H30ClN5O7S. The number of nitro groups is 1. The summed E-state index contributed by atoms with van der Waals surface area (Å²) in [7, 11) is 0. The van der Waals surface area contributed by atoms with Crippen LogP contribution >= 0.6 is 23.4 Å². The van der Waals surface area contributed by atoms with Crippen molar-refractivity contribution in [3.63, 3.8) is 0 Å². The number of nitrogens with zero attached hydrogens (tertiary/aromatic N) is 3. The van der Waals surface area contributed by atoms with Gasteiger partial charge >= 0.3 is 0 Å². The number of nitro benzene ring substituents is 1. The minimum atomic E-state index is -0.648. The molecule has 2 N–H and O–H groups in total. The SMILES string of the molecule is CCN(CC)c1ccc(/C=C2/SC(=O)N(CC(=O)Nc3cc(Cl)ccc3C)C2=O)c(OCC(=O)Nc2cccc([N+](=O)[O-])c2)c1. The van der Waals surface area contributed by atoms with Crippen molar-refractivity contribution in [2.24, 2.45) is 0 Å². The molecule has 0 radical (unpaired) electrons. The number of amides is 4. The predicted octanol–water partition coefficient (Wildman–Crippen LogP) is 6.10. The molecule has 0 spiro atoms. The van der Waals surface area contributed by atoms with Crippen LogP contribution in [0, 0.1) is 17.0 Å². The predicted molar refractivity (Wildman–Crippen MR) is 175 cm³/mol. The monoisotopic (exact) mass is 651 g/mol. The Morgan fingerprint density at radius 3 is 2.51 bits per heavy atom. The molecule has 12 nitrogen and oxygen atoms in total. The summed E-state index contributed by atoms with van der Waals surface area (Å²) in [6.07, 6.45) is 1.48. The summed E-state index contributed by atoms with van der Waals surface area (Å²) in [5.74, 6) is -1.50. The molecule has 3 aromatic rings. The number of nitrogens with one attached hydrogen (secondary N) is 2. The molecule has 1 aliphatic heterocycles. The molecule has 45 heavy (non-hydrogen) atoms. The first-order valence-electron chi connectivity index (χ1n) is 13.9. The molecule has 1 fully saturated rings. The molecule has 0 aliphatic carbocycles. The number of ether oxygens (including phenoxy) is 1. The highest BCUT2D eigenvalue weighted by Crippen LogP contribution is 2.35. The lowest BCUT2D eigenvalue weighted by Gasteiger charge is -2.22. The van der Waals surface area contributed by atoms with Gasteiger partial charge in [-0.2, -0.15) is 0 Å². The van der Waals surface area contributed by atoms with Gasteiger partial charge in [-0.25, -0.2) is 0 Å². The van der Waals surface area contributed by atoms with Crippen LogP contribution < -0.4 is 20.3 Å². The number of halogens is 1. The minimum absolute atomic E-state index is 0.0771. The van der Waals surface area contributed by atoms with Gasteiger partial charge in [0.05, 0.1) is 9.83 Å². The lowest BCUT2D eigenvalue weighted by molar-refractivity contribution is -0.384. The molecule has 0 saturated carbocycles. The molecule has 4 amide bonds. The smallest absolute Gasteiger partial charge is 0.294 e. The van der Waals surface area contributed by atoms with Crippen LogP contribution in [-0.2, 0) is 14.4 Å². The number of hydrogen-bond acceptors (Lipinski definition) is 9. The van der Waals surface area contributed by atoms with Gasteiger partial charge in [0.2, 0.25) is 5.91 Å². The first-order chi connectivity index (χ1) is 21.5. The zero-order valence-electron chi connectivity index (χ0n) is 24.7. The van der Waals surface area contributed by atoms with Crippen molar-refractivity contribution in [1.29, 1.82) is 0 Å². The summed E-state index contributed by atoms with van der Waals surface area (Å²) in [6, 6.07) is 15.8. The quantitative estimate of drug-likeness (QED) is 0.135. The van der Waals surface area contributed by atoms with Crippen molar-refractivity contribution >= 4 is 75.1 Å². The number of hydrogen-bond donors (Lipinski definition) is 2. The Hall–Kier alpha value is -4.88. The van der Waals surface area contributed by atoms with Crippen molar-refractivity contribution < 1.29 is 28.8 Å². The first kappa shape index (κ1) is 33.0. The van der Waals surface area contributed by atoms with Gasteiger partial charge < -0.3 is 20.3 Å². The third-order valence-corrected chi connectivity index (χ3v) is 7.90. The van der Waals surface area contributed by atoms with Crippen molar-refractivity contribution in [2.75, 3.05) is 41.8 Å². The standard InChI is InChI=1S/C31H30ClN5O7S/c1-4-35(5-2)23-12-10-20(26(16-23)44-18-29(39)33-22-7-6-8-24(15-22)37(42)43)13-27-30(40)36(31(41)45-27)17-28(38)34-25-14-21(32)11-9-19(25)3/h6-16H,4-5,17-18H2,1-3H3,(H,33,39)(H,34,38)/b27-13+. The lowest BCUT2D eigenvalue weighted by Crippen LogP contribution is -2.36. The van der Waals surface area contributed by atoms with Crippen molar-refractivity contribution in [3.8, 4) is 5.75 Å². The van der Waals surface area contributed by atoms with Gasteiger partial charge in [0.25, 0.3) is 22.7 Å². The Morgan fingerprint density at radius 2 is 1.80 bits per heavy atom. The molecular weight excluding hydrogens is 622 g/mol. The Balaban J connectivity index is 1.52. The highest BCUT2D eigenvalue weighted by Gasteiger charge is 2.36. The van der Waals surface area contributed by atoms with E-state index in [0.717, 1.165) is 16.2 Å². The molecule has 234 valence electrons. The van der Waals surface area contributed by atoms with Gasteiger partial charge in [0.1, 0.15) is 12.3 Å². The summed E-state index contributed by atoms with van der Waals surface area (Å²) in [4.78, 5) is 64.8. The number of imide groups is 1. The number of thioether (sulfide) groups is 1. The van der Waals surface area contributed by atoms with Crippen LogP contribution in [-0.4, -0.2) is 59.0 Å². The topological polar surface area (TPSA) is 151 Å². The third kappa shape index (κ3) is 8.40. The molecule has 0 unspecified atom stereocenters. The van der Waals surface area contributed by atoms with E-state index in [1.54, 1.807) is 37.3 Å². The molecule has 14 heteroatoms. The molecule has 0 atom stereocenters. The van der Waals surface area contributed by atoms with Crippen LogP contribution in [0.15, 0.2) is 65.6 Å². The van der Waals surface area contributed by atoms with Crippen LogP contribution in [0.5, 0.6) is 5.75 Å². The molecule has 1 heterocycles. The van der Waals surface area contributed by atoms with E-state index < -0.39 is 41.0 Å². The second-order valence-electron chi connectivity index (χ2n) is 9.81. The van der Waals surface area contributed by atoms with Crippen molar-refractivity contribution in [1.82, 2.24) is 4.90 Å². The molecule has 3 aromatic carbocycles. The normalized spacial score (nSPS) is 13.6. The first-order valence-corrected chi connectivity index (χ1v) is 15.1. The molecule has 0 bridgehead atoms. The van der Waals surface area contributed by atoms with Crippen LogP contribution in [0.4, 0.5) is 27.5 Å². The Morgan fingerprint density at radius 1 is 1.04 bits per heavy atom. The number of aryl methyl sites for hydroxylation is 1. The summed E-state index contributed by atoms with van der Waals surface area (Å²) in [5.41, 5.74) is 2.54. The number of non-ortho nitro benzene ring substituents is 1. The zero-order chi connectivity index (χ0) is 32.7. The number of carbonyl (C=O) groups is 4. The van der Waals surface area contributed by atoms with Crippen LogP contribution in [0.25, 0.3) is 6.08 Å². The zero-order valence-corrected chi connectivity index (χ0v) is 26.2. The molecule has 1 saturated heterocycles. The minimum Gasteiger partial charge on any atom is -0.483 e. The maximum atomic E-state index is 13.2. The molecule has 0 aromatic heterocycles. The Kier molecular flexibility index (Phi) is 10.8. The van der Waals surface area contributed by atoms with Gasteiger partial charge in [0.15, 0.2) is 6.61 Å². The molecule has 1 aliphatic rings. The highest BCUT2D eigenvalue weighted by atomic mass is 35.5. The van der Waals surface area contributed by atoms with E-state index in [-0.39, 0.29) is 22.0 Å². The summed E-state index contributed by atoms with van der Waals surface area (Å²) < 4.78 is 5.87. The van der Waals surface area contributed by atoms with Gasteiger partial charge in [-0.15, -0.1) is 0 Å². The maximum Gasteiger partial charge on any atom is 0.294 e. The maximum absolute atomic E-state index is 13.2. The van der Waals surface area contributed by atoms with Gasteiger partial charge in [-0.3, -0.25) is 34.2 Å². The fraction of sp³-hybridized carbons (Fsp3) is 0.226. The van der Waals surface area contributed by atoms with Gasteiger partial charge in [-0.1, -0.05) is 23.7 Å². The second-order valence-corrected chi connectivity index (χ2v) is 11.2. The largest absolute Gasteiger partial charge is 0.483 e. The van der Waals surface area contributed by atoms with Crippen molar-refractivity contribution in [2.45, 2.75) is 20.8 Å². The van der Waals surface area contributed by atoms with E-state index >= 15 is 0 Å². The van der Waals surface area contributed by atoms with Crippen LogP contribution in [0.3, 0.4) is 0 Å². The summed E-state index contributed by atoms with van der Waals surface area (Å²) in [5, 5.41) is 16.1. The summed E-state index contributed by atoms with van der Waals surface area (Å²) in [6.45, 7) is 6.26. The Labute approximate surface area is 268 Å². The van der Waals surface area contributed by atoms with E-state index in [2.05, 4.69) is 15.5 Å². The van der Waals surface area contributed by atoms with E-state index in [9.17, 15) is 29.3 Å². The summed E-state index contributed by atoms with van der Waals surface area (Å²) >= 11 is 6.71. The number of rotatable bonds is 12. The van der Waals surface area contributed by atoms with E-state index in [4.69, 9.17) is 16.3 Å². The van der Waals surface area contributed by atoms with E-state index in [1.165, 1.54) is 30.3 Å². The van der Waals surface area contributed by atoms with E-state index in [1.807, 2.05) is 19.9 Å². The van der Waals surface area contributed by atoms with E-state index in [0.29, 0.717) is 41.1 Å². The average molecular weight is 652 g/mol. The lowest BCUT2D eigenvalue weighted by atomic mass is 10.1. The fourth-order valence-corrected chi connectivity index (χ4v) is 5.43. The number of carbonyl (C=O) groups excluding carboxylic acids is 4. The van der Waals surface area contributed by atoms with Crippen LogP contribution in [0.2, 0.25) is 5.02 Å². The van der Waals surface area contributed by atoms with Gasteiger partial charge in [-0.05, 0) is 74.5 Å². The van der Waals surface area contributed by atoms with Crippen molar-refractivity contribution in [3.05, 3.63) is 91.8 Å². The van der Waals surface area contributed by atoms with Gasteiger partial charge in [0, 0.05) is 58.9 Å². The molecule has 4 rings (SSSR count).